The molecule has 2 aliphatic rings. The number of fused-ring (bicyclic) bond motifs is 1. The summed E-state index contributed by atoms with van der Waals surface area (Å²) in [4.78, 5) is 26.3. The number of hydrogen-bond acceptors (Lipinski definition) is 3. The van der Waals surface area contributed by atoms with Crippen LogP contribution in [0.4, 0.5) is 0 Å². The summed E-state index contributed by atoms with van der Waals surface area (Å²) in [6.45, 7) is 0.880. The molecule has 1 amide bonds. The van der Waals surface area contributed by atoms with Crippen molar-refractivity contribution in [1.82, 2.24) is 4.90 Å². The maximum atomic E-state index is 12.9. The smallest absolute Gasteiger partial charge is 0.313 e. The minimum Gasteiger partial charge on any atom is -0.481 e. The number of ether oxygens (including phenoxy) is 1. The van der Waals surface area contributed by atoms with Gasteiger partial charge >= 0.3 is 5.97 Å². The Labute approximate surface area is 152 Å². The third-order valence-electron chi connectivity index (χ3n) is 5.87. The molecule has 4 rings (SSSR count). The minimum atomic E-state index is -0.964. The Hall–Kier alpha value is -2.40. The summed E-state index contributed by atoms with van der Waals surface area (Å²) in [5, 5.41) is 12.0. The summed E-state index contributed by atoms with van der Waals surface area (Å²) >= 11 is 0. The molecule has 2 aromatic rings. The Morgan fingerprint density at radius 2 is 2.00 bits per heavy atom. The number of aliphatic carboxylic acids is 1. The number of carboxylic acid groups (broad SMARTS) is 1. The molecule has 0 spiro atoms. The maximum absolute atomic E-state index is 12.9. The summed E-state index contributed by atoms with van der Waals surface area (Å²) < 4.78 is 5.11. The first-order chi connectivity index (χ1) is 12.6. The molecule has 0 aromatic heterocycles. The van der Waals surface area contributed by atoms with E-state index in [1.165, 1.54) is 23.4 Å². The summed E-state index contributed by atoms with van der Waals surface area (Å²) in [6, 6.07) is 14.5. The van der Waals surface area contributed by atoms with Crippen LogP contribution in [0.15, 0.2) is 42.5 Å². The lowest BCUT2D eigenvalue weighted by atomic mass is 9.88. The minimum absolute atomic E-state index is 0.0343. The second-order valence-electron chi connectivity index (χ2n) is 7.55. The van der Waals surface area contributed by atoms with Gasteiger partial charge in [0.15, 0.2) is 0 Å². The fourth-order valence-electron chi connectivity index (χ4n) is 4.31. The molecule has 0 radical (unpaired) electrons. The van der Waals surface area contributed by atoms with Crippen molar-refractivity contribution in [2.45, 2.75) is 18.8 Å². The SMILES string of the molecule is COCC1(C(=O)O)CCN(C(=O)C2CC2c2cccc3ccccc23)C1. The highest BCUT2D eigenvalue weighted by Gasteiger charge is 2.51. The number of hydrogen-bond donors (Lipinski definition) is 1. The molecule has 1 saturated carbocycles. The Morgan fingerprint density at radius 1 is 1.23 bits per heavy atom. The molecule has 3 unspecified atom stereocenters. The molecule has 26 heavy (non-hydrogen) atoms. The molecule has 1 saturated heterocycles. The van der Waals surface area contributed by atoms with Gasteiger partial charge in [-0.1, -0.05) is 42.5 Å². The van der Waals surface area contributed by atoms with Crippen LogP contribution in [-0.4, -0.2) is 48.7 Å². The fourth-order valence-corrected chi connectivity index (χ4v) is 4.31. The maximum Gasteiger partial charge on any atom is 0.313 e. The van der Waals surface area contributed by atoms with Crippen LogP contribution in [0.25, 0.3) is 10.8 Å². The molecule has 1 N–H and O–H groups in total. The first kappa shape index (κ1) is 17.0. The summed E-state index contributed by atoms with van der Waals surface area (Å²) in [7, 11) is 1.51. The lowest BCUT2D eigenvalue weighted by molar-refractivity contribution is -0.151. The largest absolute Gasteiger partial charge is 0.481 e. The molecule has 0 bridgehead atoms. The number of nitrogens with zero attached hydrogens (tertiary/aromatic N) is 1. The van der Waals surface area contributed by atoms with E-state index in [4.69, 9.17) is 4.74 Å². The number of likely N-dealkylation sites (tertiary alicyclic amines) is 1. The standard InChI is InChI=1S/C21H23NO4/c1-26-13-21(20(24)25)9-10-22(12-21)19(23)18-11-17(18)16-8-4-6-14-5-2-3-7-15(14)16/h2-8,17-18H,9-13H2,1H3,(H,24,25). The van der Waals surface area contributed by atoms with E-state index in [0.29, 0.717) is 13.0 Å². The predicted molar refractivity (Wildman–Crippen MR) is 97.9 cm³/mol. The number of benzene rings is 2. The third kappa shape index (κ3) is 2.76. The molecule has 5 nitrogen and oxygen atoms in total. The van der Waals surface area contributed by atoms with Crippen LogP contribution < -0.4 is 0 Å². The zero-order valence-corrected chi connectivity index (χ0v) is 14.9. The van der Waals surface area contributed by atoms with E-state index in [1.54, 1.807) is 4.90 Å². The van der Waals surface area contributed by atoms with Crippen LogP contribution in [0, 0.1) is 11.3 Å². The first-order valence-corrected chi connectivity index (χ1v) is 9.04. The van der Waals surface area contributed by atoms with Gasteiger partial charge in [0.25, 0.3) is 0 Å². The highest BCUT2D eigenvalue weighted by Crippen LogP contribution is 2.51. The van der Waals surface area contributed by atoms with Crippen LogP contribution in [0.1, 0.15) is 24.3 Å². The van der Waals surface area contributed by atoms with Gasteiger partial charge in [-0.2, -0.15) is 0 Å². The second-order valence-corrected chi connectivity index (χ2v) is 7.55. The van der Waals surface area contributed by atoms with Gasteiger partial charge in [0.1, 0.15) is 5.41 Å². The number of carboxylic acids is 1. The molecule has 2 aromatic carbocycles. The normalized spacial score (nSPS) is 27.7. The molecule has 136 valence electrons. The lowest BCUT2D eigenvalue weighted by Crippen LogP contribution is -2.40. The quantitative estimate of drug-likeness (QED) is 0.898. The van der Waals surface area contributed by atoms with Crippen LogP contribution in [0.2, 0.25) is 0 Å². The van der Waals surface area contributed by atoms with Crippen molar-refractivity contribution in [2.75, 3.05) is 26.8 Å². The van der Waals surface area contributed by atoms with Crippen LogP contribution in [0.5, 0.6) is 0 Å². The number of methoxy groups -OCH3 is 1. The number of carbonyl (C=O) groups excluding carboxylic acids is 1. The van der Waals surface area contributed by atoms with Gasteiger partial charge in [0, 0.05) is 26.1 Å². The summed E-state index contributed by atoms with van der Waals surface area (Å²) in [5.74, 6) is -0.595. The Bertz CT molecular complexity index is 859. The van der Waals surface area contributed by atoms with Gasteiger partial charge in [-0.3, -0.25) is 9.59 Å². The van der Waals surface area contributed by atoms with E-state index in [2.05, 4.69) is 24.3 Å². The molecule has 2 fully saturated rings. The molecular weight excluding hydrogens is 330 g/mol. The summed E-state index contributed by atoms with van der Waals surface area (Å²) in [6.07, 6.45) is 1.29. The van der Waals surface area contributed by atoms with Crippen molar-refractivity contribution in [2.24, 2.45) is 11.3 Å². The van der Waals surface area contributed by atoms with E-state index in [-0.39, 0.29) is 30.9 Å². The zero-order chi connectivity index (χ0) is 18.3. The lowest BCUT2D eigenvalue weighted by Gasteiger charge is -2.24. The van der Waals surface area contributed by atoms with Crippen LogP contribution in [-0.2, 0) is 14.3 Å². The fraction of sp³-hybridized carbons (Fsp3) is 0.429. The molecule has 1 aliphatic carbocycles. The molecular formula is C21H23NO4. The van der Waals surface area contributed by atoms with Gasteiger partial charge in [0.05, 0.1) is 6.61 Å². The van der Waals surface area contributed by atoms with E-state index in [1.807, 2.05) is 18.2 Å². The van der Waals surface area contributed by atoms with Crippen molar-refractivity contribution in [3.05, 3.63) is 48.0 Å². The van der Waals surface area contributed by atoms with E-state index in [9.17, 15) is 14.7 Å². The average Bonchev–Trinajstić information content (AvgIpc) is 3.33. The van der Waals surface area contributed by atoms with Crippen molar-refractivity contribution in [3.8, 4) is 0 Å². The number of rotatable bonds is 5. The number of carbonyl (C=O) groups is 2. The summed E-state index contributed by atoms with van der Waals surface area (Å²) in [5.41, 5.74) is 0.260. The van der Waals surface area contributed by atoms with E-state index < -0.39 is 11.4 Å². The molecule has 5 heteroatoms. The van der Waals surface area contributed by atoms with Crippen molar-refractivity contribution in [3.63, 3.8) is 0 Å². The first-order valence-electron chi connectivity index (χ1n) is 9.04. The highest BCUT2D eigenvalue weighted by molar-refractivity contribution is 5.90. The number of amides is 1. The molecule has 1 heterocycles. The van der Waals surface area contributed by atoms with Gasteiger partial charge in [-0.15, -0.1) is 0 Å². The van der Waals surface area contributed by atoms with Gasteiger partial charge in [-0.05, 0) is 35.1 Å². The van der Waals surface area contributed by atoms with Crippen LogP contribution >= 0.6 is 0 Å². The van der Waals surface area contributed by atoms with Gasteiger partial charge in [-0.25, -0.2) is 0 Å². The third-order valence-corrected chi connectivity index (χ3v) is 5.87. The van der Waals surface area contributed by atoms with Crippen molar-refractivity contribution in [1.29, 1.82) is 0 Å². The molecule has 1 aliphatic heterocycles. The Balaban J connectivity index is 1.50. The van der Waals surface area contributed by atoms with Crippen molar-refractivity contribution >= 4 is 22.6 Å². The topological polar surface area (TPSA) is 66.8 Å². The Morgan fingerprint density at radius 3 is 2.77 bits per heavy atom. The highest BCUT2D eigenvalue weighted by atomic mass is 16.5. The predicted octanol–water partition coefficient (Wildman–Crippen LogP) is 2.89. The van der Waals surface area contributed by atoms with E-state index >= 15 is 0 Å². The monoisotopic (exact) mass is 353 g/mol. The molecule has 3 atom stereocenters. The van der Waals surface area contributed by atoms with E-state index in [0.717, 1.165) is 6.42 Å². The zero-order valence-electron chi connectivity index (χ0n) is 14.9. The average molecular weight is 353 g/mol. The van der Waals surface area contributed by atoms with Crippen molar-refractivity contribution < 1.29 is 19.4 Å². The second kappa shape index (κ2) is 6.40. The van der Waals surface area contributed by atoms with Gasteiger partial charge in [0.2, 0.25) is 5.91 Å². The Kier molecular flexibility index (Phi) is 4.19. The van der Waals surface area contributed by atoms with Crippen LogP contribution in [0.3, 0.4) is 0 Å². The van der Waals surface area contributed by atoms with Gasteiger partial charge < -0.3 is 14.7 Å².